The van der Waals surface area contributed by atoms with E-state index in [1.807, 2.05) is 17.0 Å². The van der Waals surface area contributed by atoms with E-state index >= 15 is 0 Å². The van der Waals surface area contributed by atoms with E-state index in [2.05, 4.69) is 68.3 Å². The van der Waals surface area contributed by atoms with Crippen molar-refractivity contribution in [2.75, 3.05) is 20.4 Å². The summed E-state index contributed by atoms with van der Waals surface area (Å²) >= 11 is 0. The average Bonchev–Trinajstić information content (AvgIpc) is 3.26. The molecule has 5 nitrogen and oxygen atoms in total. The van der Waals surface area contributed by atoms with Gasteiger partial charge in [0.15, 0.2) is 11.5 Å². The molecule has 3 aromatic carbocycles. The summed E-state index contributed by atoms with van der Waals surface area (Å²) in [7, 11) is 2.13. The quantitative estimate of drug-likeness (QED) is 0.587. The second kappa shape index (κ2) is 7.89. The lowest BCUT2D eigenvalue weighted by molar-refractivity contribution is 0.0236. The number of amides is 1. The summed E-state index contributed by atoms with van der Waals surface area (Å²) in [6.07, 6.45) is 1.70. The summed E-state index contributed by atoms with van der Waals surface area (Å²) in [4.78, 5) is 17.8. The van der Waals surface area contributed by atoms with E-state index in [-0.39, 0.29) is 24.9 Å². The van der Waals surface area contributed by atoms with E-state index in [1.54, 1.807) is 0 Å². The minimum Gasteiger partial charge on any atom is -0.454 e. The fourth-order valence-corrected chi connectivity index (χ4v) is 4.99. The third kappa shape index (κ3) is 3.33. The van der Waals surface area contributed by atoms with Crippen LogP contribution < -0.4 is 9.47 Å². The number of carbonyl (C=O) groups is 1. The summed E-state index contributed by atoms with van der Waals surface area (Å²) in [5, 5.41) is 2.51. The molecule has 5 rings (SSSR count). The van der Waals surface area contributed by atoms with Gasteiger partial charge in [0.25, 0.3) is 5.91 Å². The molecule has 2 unspecified atom stereocenters. The lowest BCUT2D eigenvalue weighted by Gasteiger charge is -2.42. The SMILES string of the molecule is CCC(N1CCc2cc3c(cc2C1=O)OCO3)N(C)C(C)c1cccc2ccccc12. The smallest absolute Gasteiger partial charge is 0.255 e. The highest BCUT2D eigenvalue weighted by Crippen LogP contribution is 2.38. The number of nitrogens with zero attached hydrogens (tertiary/aromatic N) is 2. The average molecular weight is 417 g/mol. The van der Waals surface area contributed by atoms with E-state index in [0.717, 1.165) is 29.7 Å². The Hall–Kier alpha value is -3.05. The van der Waals surface area contributed by atoms with Crippen molar-refractivity contribution in [3.05, 3.63) is 71.3 Å². The molecule has 2 atom stereocenters. The van der Waals surface area contributed by atoms with Gasteiger partial charge in [0.2, 0.25) is 6.79 Å². The maximum Gasteiger partial charge on any atom is 0.255 e. The van der Waals surface area contributed by atoms with Crippen molar-refractivity contribution in [1.29, 1.82) is 0 Å². The molecule has 0 saturated carbocycles. The summed E-state index contributed by atoms with van der Waals surface area (Å²) < 4.78 is 11.0. The maximum absolute atomic E-state index is 13.5. The molecule has 0 aliphatic carbocycles. The molecule has 0 aromatic heterocycles. The van der Waals surface area contributed by atoms with Gasteiger partial charge in [-0.2, -0.15) is 0 Å². The van der Waals surface area contributed by atoms with Crippen molar-refractivity contribution < 1.29 is 14.3 Å². The minimum atomic E-state index is 0.0139. The van der Waals surface area contributed by atoms with E-state index in [9.17, 15) is 4.79 Å². The van der Waals surface area contributed by atoms with Gasteiger partial charge in [-0.3, -0.25) is 9.69 Å². The lowest BCUT2D eigenvalue weighted by Crippen LogP contribution is -2.52. The van der Waals surface area contributed by atoms with Crippen molar-refractivity contribution in [3.63, 3.8) is 0 Å². The van der Waals surface area contributed by atoms with Gasteiger partial charge >= 0.3 is 0 Å². The Morgan fingerprint density at radius 1 is 1.06 bits per heavy atom. The van der Waals surface area contributed by atoms with Crippen molar-refractivity contribution in [2.45, 2.75) is 38.9 Å². The zero-order valence-corrected chi connectivity index (χ0v) is 18.3. The first-order valence-electron chi connectivity index (χ1n) is 11.0. The first kappa shape index (κ1) is 19.9. The zero-order valence-electron chi connectivity index (χ0n) is 18.3. The summed E-state index contributed by atoms with van der Waals surface area (Å²) in [5.74, 6) is 1.48. The molecule has 31 heavy (non-hydrogen) atoms. The van der Waals surface area contributed by atoms with Crippen molar-refractivity contribution >= 4 is 16.7 Å². The second-order valence-electron chi connectivity index (χ2n) is 8.41. The third-order valence-corrected chi connectivity index (χ3v) is 6.79. The van der Waals surface area contributed by atoms with Crippen LogP contribution in [-0.4, -0.2) is 42.3 Å². The number of carbonyl (C=O) groups excluding carboxylic acids is 1. The number of benzene rings is 3. The monoisotopic (exact) mass is 416 g/mol. The van der Waals surface area contributed by atoms with E-state index < -0.39 is 0 Å². The molecular weight excluding hydrogens is 388 g/mol. The highest BCUT2D eigenvalue weighted by Gasteiger charge is 2.34. The lowest BCUT2D eigenvalue weighted by atomic mass is 9.96. The molecule has 0 spiro atoms. The van der Waals surface area contributed by atoms with Crippen molar-refractivity contribution in [2.24, 2.45) is 0 Å². The Labute approximate surface area is 183 Å². The van der Waals surface area contributed by atoms with Gasteiger partial charge < -0.3 is 14.4 Å². The molecule has 3 aromatic rings. The fourth-order valence-electron chi connectivity index (χ4n) is 4.99. The topological polar surface area (TPSA) is 42.0 Å². The van der Waals surface area contributed by atoms with Gasteiger partial charge in [-0.15, -0.1) is 0 Å². The summed E-state index contributed by atoms with van der Waals surface area (Å²) in [6.45, 7) is 5.31. The van der Waals surface area contributed by atoms with Crippen LogP contribution >= 0.6 is 0 Å². The van der Waals surface area contributed by atoms with E-state index in [0.29, 0.717) is 12.3 Å². The number of ether oxygens (including phenoxy) is 2. The van der Waals surface area contributed by atoms with Crippen LogP contribution in [0, 0.1) is 0 Å². The largest absolute Gasteiger partial charge is 0.454 e. The molecule has 0 bridgehead atoms. The molecular formula is C26H28N2O3. The molecule has 0 saturated heterocycles. The highest BCUT2D eigenvalue weighted by atomic mass is 16.7. The maximum atomic E-state index is 13.5. The second-order valence-corrected chi connectivity index (χ2v) is 8.41. The highest BCUT2D eigenvalue weighted by molar-refractivity contribution is 5.97. The first-order valence-corrected chi connectivity index (χ1v) is 11.0. The fraction of sp³-hybridized carbons (Fsp3) is 0.346. The van der Waals surface area contributed by atoms with Gasteiger partial charge in [-0.1, -0.05) is 49.4 Å². The Morgan fingerprint density at radius 2 is 1.81 bits per heavy atom. The predicted molar refractivity (Wildman–Crippen MR) is 122 cm³/mol. The van der Waals surface area contributed by atoms with Gasteiger partial charge in [0.1, 0.15) is 0 Å². The number of hydrogen-bond acceptors (Lipinski definition) is 4. The van der Waals surface area contributed by atoms with Gasteiger partial charge in [-0.05, 0) is 60.8 Å². The molecule has 0 N–H and O–H groups in total. The molecule has 0 radical (unpaired) electrons. The molecule has 2 heterocycles. The molecule has 5 heteroatoms. The van der Waals surface area contributed by atoms with Gasteiger partial charge in [-0.25, -0.2) is 0 Å². The summed E-state index contributed by atoms with van der Waals surface area (Å²) in [6, 6.07) is 19.0. The number of rotatable bonds is 5. The first-order chi connectivity index (χ1) is 15.1. The Kier molecular flexibility index (Phi) is 5.06. The summed E-state index contributed by atoms with van der Waals surface area (Å²) in [5.41, 5.74) is 3.07. The van der Waals surface area contributed by atoms with Crippen LogP contribution in [0.3, 0.4) is 0 Å². The molecule has 160 valence electrons. The molecule has 2 aliphatic heterocycles. The van der Waals surface area contributed by atoms with Crippen molar-refractivity contribution in [3.8, 4) is 11.5 Å². The van der Waals surface area contributed by atoms with Crippen LogP contribution in [0.1, 0.15) is 47.8 Å². The van der Waals surface area contributed by atoms with Crippen LogP contribution in [-0.2, 0) is 6.42 Å². The molecule has 1 amide bonds. The number of hydrogen-bond donors (Lipinski definition) is 0. The predicted octanol–water partition coefficient (Wildman–Crippen LogP) is 5.00. The third-order valence-electron chi connectivity index (χ3n) is 6.79. The van der Waals surface area contributed by atoms with Crippen molar-refractivity contribution in [1.82, 2.24) is 9.80 Å². The van der Waals surface area contributed by atoms with E-state index in [1.165, 1.54) is 16.3 Å². The Bertz CT molecular complexity index is 1140. The van der Waals surface area contributed by atoms with Crippen LogP contribution in [0.15, 0.2) is 54.6 Å². The van der Waals surface area contributed by atoms with Gasteiger partial charge in [0, 0.05) is 18.2 Å². The van der Waals surface area contributed by atoms with Crippen LogP contribution in [0.2, 0.25) is 0 Å². The van der Waals surface area contributed by atoms with Gasteiger partial charge in [0.05, 0.1) is 6.17 Å². The minimum absolute atomic E-state index is 0.0139. The van der Waals surface area contributed by atoms with E-state index in [4.69, 9.17) is 9.47 Å². The number of fused-ring (bicyclic) bond motifs is 3. The van der Waals surface area contributed by atoms with Crippen LogP contribution in [0.25, 0.3) is 10.8 Å². The zero-order chi connectivity index (χ0) is 21.5. The standard InChI is InChI=1S/C26H28N2O3/c1-4-25(27(3)17(2)20-11-7-9-18-8-5-6-10-21(18)20)28-13-12-19-14-23-24(31-16-30-23)15-22(19)26(28)29/h5-11,14-15,17,25H,4,12-13,16H2,1-3H3. The Morgan fingerprint density at radius 3 is 2.61 bits per heavy atom. The van der Waals surface area contributed by atoms with Crippen LogP contribution in [0.4, 0.5) is 0 Å². The Balaban J connectivity index is 1.44. The normalized spacial score (nSPS) is 17.2. The van der Waals surface area contributed by atoms with Crippen LogP contribution in [0.5, 0.6) is 11.5 Å². The molecule has 0 fully saturated rings. The molecule has 2 aliphatic rings.